The molecule has 1 aromatic carbocycles. The predicted molar refractivity (Wildman–Crippen MR) is 98.9 cm³/mol. The van der Waals surface area contributed by atoms with Gasteiger partial charge in [-0.2, -0.15) is 18.3 Å². The summed E-state index contributed by atoms with van der Waals surface area (Å²) in [5, 5.41) is 3.01. The van der Waals surface area contributed by atoms with Gasteiger partial charge in [0.1, 0.15) is 5.75 Å². The maximum atomic E-state index is 12.5. The number of hydrazone groups is 1. The number of sulfone groups is 1. The Kier molecular flexibility index (Phi) is 6.76. The van der Waals surface area contributed by atoms with Gasteiger partial charge in [0.2, 0.25) is 9.84 Å². The SMILES string of the molecule is O=C(CS(=O)(=O)c1ccc(C(F)(F)F)cn1)NN=Cc1ccc(Br)c(Br)c1. The summed E-state index contributed by atoms with van der Waals surface area (Å²) in [6, 6.07) is 6.44. The molecule has 2 aromatic rings. The van der Waals surface area contributed by atoms with E-state index >= 15 is 0 Å². The van der Waals surface area contributed by atoms with Crippen LogP contribution < -0.4 is 5.43 Å². The summed E-state index contributed by atoms with van der Waals surface area (Å²) in [6.45, 7) is 0. The molecule has 27 heavy (non-hydrogen) atoms. The van der Waals surface area contributed by atoms with Gasteiger partial charge >= 0.3 is 6.18 Å². The minimum atomic E-state index is -4.64. The number of carbonyl (C=O) groups excluding carboxylic acids is 1. The molecule has 0 fully saturated rings. The first-order chi connectivity index (χ1) is 12.5. The van der Waals surface area contributed by atoms with E-state index in [0.29, 0.717) is 23.9 Å². The van der Waals surface area contributed by atoms with Crippen molar-refractivity contribution >= 4 is 53.8 Å². The van der Waals surface area contributed by atoms with Gasteiger partial charge in [-0.3, -0.25) is 4.79 Å². The van der Waals surface area contributed by atoms with Crippen molar-refractivity contribution < 1.29 is 26.4 Å². The van der Waals surface area contributed by atoms with Crippen LogP contribution in [0.1, 0.15) is 11.1 Å². The van der Waals surface area contributed by atoms with Gasteiger partial charge in [0, 0.05) is 15.1 Å². The van der Waals surface area contributed by atoms with Crippen LogP contribution in [0.2, 0.25) is 0 Å². The first-order valence-electron chi connectivity index (χ1n) is 7.02. The van der Waals surface area contributed by atoms with E-state index in [9.17, 15) is 26.4 Å². The third-order valence-electron chi connectivity index (χ3n) is 3.05. The maximum Gasteiger partial charge on any atom is 0.417 e. The van der Waals surface area contributed by atoms with Gasteiger partial charge < -0.3 is 0 Å². The molecule has 2 rings (SSSR count). The lowest BCUT2D eigenvalue weighted by Gasteiger charge is -2.07. The second-order valence-electron chi connectivity index (χ2n) is 5.11. The van der Waals surface area contributed by atoms with Crippen LogP contribution in [-0.2, 0) is 20.8 Å². The van der Waals surface area contributed by atoms with Crippen molar-refractivity contribution in [2.24, 2.45) is 5.10 Å². The summed E-state index contributed by atoms with van der Waals surface area (Å²) >= 11 is 6.59. The molecule has 0 atom stereocenters. The number of aromatic nitrogens is 1. The molecule has 1 aromatic heterocycles. The molecule has 0 spiro atoms. The van der Waals surface area contributed by atoms with E-state index in [1.165, 1.54) is 6.21 Å². The molecule has 6 nitrogen and oxygen atoms in total. The molecule has 0 saturated carbocycles. The van der Waals surface area contributed by atoms with Crippen LogP contribution in [-0.4, -0.2) is 31.3 Å². The van der Waals surface area contributed by atoms with Crippen LogP contribution in [0.25, 0.3) is 0 Å². The number of amides is 1. The van der Waals surface area contributed by atoms with Crippen LogP contribution in [0.15, 0.2) is 55.6 Å². The van der Waals surface area contributed by atoms with Crippen molar-refractivity contribution in [2.75, 3.05) is 5.75 Å². The number of rotatable bonds is 5. The highest BCUT2D eigenvalue weighted by Crippen LogP contribution is 2.28. The smallest absolute Gasteiger partial charge is 0.272 e. The van der Waals surface area contributed by atoms with Crippen LogP contribution >= 0.6 is 31.9 Å². The number of halogens is 5. The Balaban J connectivity index is 2.01. The summed E-state index contributed by atoms with van der Waals surface area (Å²) in [6.07, 6.45) is -2.93. The van der Waals surface area contributed by atoms with E-state index in [-0.39, 0.29) is 0 Å². The van der Waals surface area contributed by atoms with Gasteiger partial charge in [0.15, 0.2) is 5.03 Å². The molecular weight excluding hydrogens is 519 g/mol. The predicted octanol–water partition coefficient (Wildman–Crippen LogP) is 3.55. The number of benzene rings is 1. The Labute approximate surface area is 169 Å². The number of carbonyl (C=O) groups is 1. The van der Waals surface area contributed by atoms with Gasteiger partial charge in [0.05, 0.1) is 11.8 Å². The fourth-order valence-electron chi connectivity index (χ4n) is 1.78. The number of pyridine rings is 1. The van der Waals surface area contributed by atoms with Crippen molar-refractivity contribution in [1.29, 1.82) is 0 Å². The number of alkyl halides is 3. The number of nitrogens with one attached hydrogen (secondary N) is 1. The minimum Gasteiger partial charge on any atom is -0.272 e. The largest absolute Gasteiger partial charge is 0.417 e. The summed E-state index contributed by atoms with van der Waals surface area (Å²) in [5.74, 6) is -1.96. The van der Waals surface area contributed by atoms with Crippen LogP contribution in [0.4, 0.5) is 13.2 Å². The van der Waals surface area contributed by atoms with Crippen LogP contribution in [0.3, 0.4) is 0 Å². The molecule has 1 amide bonds. The third-order valence-corrected chi connectivity index (χ3v) is 6.45. The Morgan fingerprint density at radius 1 is 1.19 bits per heavy atom. The molecule has 0 aliphatic carbocycles. The summed E-state index contributed by atoms with van der Waals surface area (Å²) in [5.41, 5.74) is 1.59. The maximum absolute atomic E-state index is 12.5. The molecule has 0 unspecified atom stereocenters. The van der Waals surface area contributed by atoms with E-state index in [1.54, 1.807) is 18.2 Å². The first-order valence-corrected chi connectivity index (χ1v) is 10.3. The molecule has 1 N–H and O–H groups in total. The molecule has 0 aliphatic heterocycles. The molecule has 1 heterocycles. The number of hydrogen-bond acceptors (Lipinski definition) is 5. The Morgan fingerprint density at radius 3 is 2.44 bits per heavy atom. The van der Waals surface area contributed by atoms with E-state index in [0.717, 1.165) is 8.95 Å². The average Bonchev–Trinajstić information content (AvgIpc) is 2.57. The molecule has 0 saturated heterocycles. The van der Waals surface area contributed by atoms with Crippen molar-refractivity contribution in [3.63, 3.8) is 0 Å². The van der Waals surface area contributed by atoms with Gasteiger partial charge in [-0.15, -0.1) is 0 Å². The summed E-state index contributed by atoms with van der Waals surface area (Å²) in [7, 11) is -4.21. The number of nitrogens with zero attached hydrogens (tertiary/aromatic N) is 2. The molecule has 12 heteroatoms. The van der Waals surface area contributed by atoms with Crippen molar-refractivity contribution in [1.82, 2.24) is 10.4 Å². The highest BCUT2D eigenvalue weighted by atomic mass is 79.9. The first kappa shape index (κ1) is 21.5. The third kappa shape index (κ3) is 6.11. The Hall–Kier alpha value is -1.79. The normalized spacial score (nSPS) is 12.3. The minimum absolute atomic E-state index is 0.397. The Morgan fingerprint density at radius 2 is 1.89 bits per heavy atom. The monoisotopic (exact) mass is 527 g/mol. The quantitative estimate of drug-likeness (QED) is 0.475. The van der Waals surface area contributed by atoms with E-state index in [2.05, 4.69) is 41.9 Å². The van der Waals surface area contributed by atoms with Gasteiger partial charge in [-0.05, 0) is 61.7 Å². The van der Waals surface area contributed by atoms with Crippen LogP contribution in [0.5, 0.6) is 0 Å². The zero-order valence-electron chi connectivity index (χ0n) is 13.2. The van der Waals surface area contributed by atoms with E-state index in [4.69, 9.17) is 0 Å². The Bertz CT molecular complexity index is 978. The van der Waals surface area contributed by atoms with Crippen molar-refractivity contribution in [2.45, 2.75) is 11.2 Å². The zero-order valence-corrected chi connectivity index (χ0v) is 17.2. The topological polar surface area (TPSA) is 88.5 Å². The lowest BCUT2D eigenvalue weighted by Crippen LogP contribution is -2.27. The second-order valence-corrected chi connectivity index (χ2v) is 8.75. The highest BCUT2D eigenvalue weighted by Gasteiger charge is 2.31. The fraction of sp³-hybridized carbons (Fsp3) is 0.133. The summed E-state index contributed by atoms with van der Waals surface area (Å²) in [4.78, 5) is 15.0. The zero-order chi connectivity index (χ0) is 20.2. The van der Waals surface area contributed by atoms with Gasteiger partial charge in [-0.1, -0.05) is 6.07 Å². The lowest BCUT2D eigenvalue weighted by molar-refractivity contribution is -0.137. The molecule has 0 bridgehead atoms. The second kappa shape index (κ2) is 8.48. The van der Waals surface area contributed by atoms with E-state index in [1.807, 2.05) is 5.43 Å². The number of hydrogen-bond donors (Lipinski definition) is 1. The van der Waals surface area contributed by atoms with Crippen molar-refractivity contribution in [3.05, 3.63) is 56.6 Å². The molecular formula is C15H10Br2F3N3O3S. The standard InChI is InChI=1S/C15H10Br2F3N3O3S/c16-11-3-1-9(5-12(11)17)6-22-23-13(24)8-27(25,26)14-4-2-10(7-21-14)15(18,19)20/h1-7H,8H2,(H,23,24). The van der Waals surface area contributed by atoms with Gasteiger partial charge in [0.25, 0.3) is 5.91 Å². The lowest BCUT2D eigenvalue weighted by atomic mass is 10.2. The highest BCUT2D eigenvalue weighted by molar-refractivity contribution is 9.13. The van der Waals surface area contributed by atoms with Crippen molar-refractivity contribution in [3.8, 4) is 0 Å². The summed E-state index contributed by atoms with van der Waals surface area (Å²) < 4.78 is 63.1. The average molecular weight is 529 g/mol. The van der Waals surface area contributed by atoms with E-state index < -0.39 is 38.3 Å². The van der Waals surface area contributed by atoms with Gasteiger partial charge in [-0.25, -0.2) is 18.8 Å². The molecule has 144 valence electrons. The fourth-order valence-corrected chi connectivity index (χ4v) is 3.47. The molecule has 0 aliphatic rings. The molecule has 0 radical (unpaired) electrons. The van der Waals surface area contributed by atoms with Crippen LogP contribution in [0, 0.1) is 0 Å².